The highest BCUT2D eigenvalue weighted by atomic mass is 35.5. The Morgan fingerprint density at radius 2 is 2.06 bits per heavy atom. The summed E-state index contributed by atoms with van der Waals surface area (Å²) in [6.07, 6.45) is 3.75. The highest BCUT2D eigenvalue weighted by Crippen LogP contribution is 2.30. The molecule has 1 aliphatic rings. The van der Waals surface area contributed by atoms with Crippen molar-refractivity contribution in [2.24, 2.45) is 5.73 Å². The summed E-state index contributed by atoms with van der Waals surface area (Å²) < 4.78 is 5.28. The Labute approximate surface area is 105 Å². The molecule has 0 saturated carbocycles. The molecule has 0 saturated heterocycles. The Kier molecular flexibility index (Phi) is 3.74. The summed E-state index contributed by atoms with van der Waals surface area (Å²) >= 11 is 11.8. The van der Waals surface area contributed by atoms with Crippen LogP contribution in [0.5, 0.6) is 0 Å². The van der Waals surface area contributed by atoms with Crippen LogP contribution >= 0.6 is 23.2 Å². The molecule has 0 bridgehead atoms. The molecule has 2 rings (SSSR count). The molecule has 0 radical (unpaired) electrons. The van der Waals surface area contributed by atoms with Gasteiger partial charge in [0.05, 0.1) is 29.0 Å². The Balaban J connectivity index is 2.22. The van der Waals surface area contributed by atoms with Crippen molar-refractivity contribution in [2.45, 2.75) is 18.9 Å². The standard InChI is InChI=1S/C12H13Cl2NO/c13-10-4-3-8(6-11(10)14)12(15)9-2-1-5-16-7-9/h3-4,6-7,12H,1-2,5,15H2. The molecular weight excluding hydrogens is 245 g/mol. The van der Waals surface area contributed by atoms with Crippen LogP contribution in [-0.2, 0) is 4.74 Å². The second kappa shape index (κ2) is 5.09. The summed E-state index contributed by atoms with van der Waals surface area (Å²) in [6, 6.07) is 5.32. The lowest BCUT2D eigenvalue weighted by Gasteiger charge is -2.20. The van der Waals surface area contributed by atoms with Crippen molar-refractivity contribution < 1.29 is 4.74 Å². The van der Waals surface area contributed by atoms with Crippen LogP contribution in [-0.4, -0.2) is 6.61 Å². The van der Waals surface area contributed by atoms with Crippen molar-refractivity contribution in [1.82, 2.24) is 0 Å². The molecule has 4 heteroatoms. The first kappa shape index (κ1) is 11.8. The molecule has 1 aliphatic heterocycles. The number of ether oxygens (including phenoxy) is 1. The molecule has 2 N–H and O–H groups in total. The summed E-state index contributed by atoms with van der Waals surface area (Å²) in [5.74, 6) is 0. The zero-order valence-electron chi connectivity index (χ0n) is 8.75. The lowest BCUT2D eigenvalue weighted by Crippen LogP contribution is -2.16. The summed E-state index contributed by atoms with van der Waals surface area (Å²) in [4.78, 5) is 0. The van der Waals surface area contributed by atoms with Crippen molar-refractivity contribution in [1.29, 1.82) is 0 Å². The lowest BCUT2D eigenvalue weighted by atomic mass is 9.96. The smallest absolute Gasteiger partial charge is 0.0876 e. The fourth-order valence-electron chi connectivity index (χ4n) is 1.73. The minimum absolute atomic E-state index is 0.157. The maximum atomic E-state index is 6.14. The molecular formula is C12H13Cl2NO. The van der Waals surface area contributed by atoms with Gasteiger partial charge in [-0.1, -0.05) is 29.3 Å². The Morgan fingerprint density at radius 1 is 1.25 bits per heavy atom. The van der Waals surface area contributed by atoms with E-state index < -0.39 is 0 Å². The van der Waals surface area contributed by atoms with Gasteiger partial charge in [-0.15, -0.1) is 0 Å². The lowest BCUT2D eigenvalue weighted by molar-refractivity contribution is 0.221. The SMILES string of the molecule is NC(C1=COCCC1)c1ccc(Cl)c(Cl)c1. The van der Waals surface area contributed by atoms with E-state index in [2.05, 4.69) is 0 Å². The van der Waals surface area contributed by atoms with Crippen LogP contribution < -0.4 is 5.73 Å². The predicted molar refractivity (Wildman–Crippen MR) is 66.7 cm³/mol. The Morgan fingerprint density at radius 3 is 2.69 bits per heavy atom. The van der Waals surface area contributed by atoms with Crippen molar-refractivity contribution in [3.63, 3.8) is 0 Å². The van der Waals surface area contributed by atoms with Crippen LogP contribution in [0.15, 0.2) is 30.0 Å². The van der Waals surface area contributed by atoms with Crippen molar-refractivity contribution in [3.8, 4) is 0 Å². The van der Waals surface area contributed by atoms with E-state index in [1.54, 1.807) is 12.3 Å². The number of halogens is 2. The van der Waals surface area contributed by atoms with Gasteiger partial charge in [0.15, 0.2) is 0 Å². The molecule has 0 amide bonds. The van der Waals surface area contributed by atoms with E-state index >= 15 is 0 Å². The zero-order valence-corrected chi connectivity index (χ0v) is 10.3. The number of benzene rings is 1. The quantitative estimate of drug-likeness (QED) is 0.878. The van der Waals surface area contributed by atoms with Gasteiger partial charge in [-0.05, 0) is 36.1 Å². The van der Waals surface area contributed by atoms with Gasteiger partial charge >= 0.3 is 0 Å². The summed E-state index contributed by atoms with van der Waals surface area (Å²) in [6.45, 7) is 0.775. The summed E-state index contributed by atoms with van der Waals surface area (Å²) in [5, 5.41) is 1.08. The second-order valence-corrected chi connectivity index (χ2v) is 4.63. The van der Waals surface area contributed by atoms with Gasteiger partial charge in [0.2, 0.25) is 0 Å². The monoisotopic (exact) mass is 257 g/mol. The van der Waals surface area contributed by atoms with Crippen LogP contribution in [0.3, 0.4) is 0 Å². The summed E-state index contributed by atoms with van der Waals surface area (Å²) in [7, 11) is 0. The average molecular weight is 258 g/mol. The molecule has 0 aliphatic carbocycles. The fourth-order valence-corrected chi connectivity index (χ4v) is 2.04. The van der Waals surface area contributed by atoms with Gasteiger partial charge in [-0.2, -0.15) is 0 Å². The van der Waals surface area contributed by atoms with E-state index in [9.17, 15) is 0 Å². The Bertz CT molecular complexity index is 417. The fraction of sp³-hybridized carbons (Fsp3) is 0.333. The van der Waals surface area contributed by atoms with E-state index in [0.29, 0.717) is 10.0 Å². The van der Waals surface area contributed by atoms with Gasteiger partial charge < -0.3 is 10.5 Å². The maximum absolute atomic E-state index is 6.14. The molecule has 0 spiro atoms. The topological polar surface area (TPSA) is 35.2 Å². The number of rotatable bonds is 2. The van der Waals surface area contributed by atoms with Gasteiger partial charge in [-0.3, -0.25) is 0 Å². The van der Waals surface area contributed by atoms with E-state index in [1.165, 1.54) is 0 Å². The van der Waals surface area contributed by atoms with E-state index in [4.69, 9.17) is 33.7 Å². The van der Waals surface area contributed by atoms with E-state index in [-0.39, 0.29) is 6.04 Å². The van der Waals surface area contributed by atoms with Gasteiger partial charge in [0.25, 0.3) is 0 Å². The normalized spacial score (nSPS) is 17.6. The van der Waals surface area contributed by atoms with E-state index in [0.717, 1.165) is 30.6 Å². The highest BCUT2D eigenvalue weighted by molar-refractivity contribution is 6.42. The first-order valence-electron chi connectivity index (χ1n) is 5.19. The third-order valence-electron chi connectivity index (χ3n) is 2.66. The Hall–Kier alpha value is -0.700. The highest BCUT2D eigenvalue weighted by Gasteiger charge is 2.15. The zero-order chi connectivity index (χ0) is 11.5. The number of hydrogen-bond donors (Lipinski definition) is 1. The van der Waals surface area contributed by atoms with Crippen molar-refractivity contribution in [2.75, 3.05) is 6.61 Å². The molecule has 16 heavy (non-hydrogen) atoms. The molecule has 2 nitrogen and oxygen atoms in total. The average Bonchev–Trinajstić information content (AvgIpc) is 2.33. The van der Waals surface area contributed by atoms with Crippen LogP contribution in [0.4, 0.5) is 0 Å². The summed E-state index contributed by atoms with van der Waals surface area (Å²) in [5.41, 5.74) is 8.20. The third kappa shape index (κ3) is 2.51. The molecule has 86 valence electrons. The van der Waals surface area contributed by atoms with Gasteiger partial charge in [0.1, 0.15) is 0 Å². The molecule has 1 unspecified atom stereocenters. The van der Waals surface area contributed by atoms with Crippen LogP contribution in [0, 0.1) is 0 Å². The van der Waals surface area contributed by atoms with Gasteiger partial charge in [-0.25, -0.2) is 0 Å². The molecule has 1 heterocycles. The van der Waals surface area contributed by atoms with E-state index in [1.807, 2.05) is 12.1 Å². The molecule has 0 aromatic heterocycles. The maximum Gasteiger partial charge on any atom is 0.0876 e. The first-order valence-corrected chi connectivity index (χ1v) is 5.95. The predicted octanol–water partition coefficient (Wildman–Crippen LogP) is 3.69. The van der Waals surface area contributed by atoms with Gasteiger partial charge in [0, 0.05) is 0 Å². The molecule has 1 aromatic carbocycles. The van der Waals surface area contributed by atoms with Crippen molar-refractivity contribution in [3.05, 3.63) is 45.6 Å². The minimum atomic E-state index is -0.157. The third-order valence-corrected chi connectivity index (χ3v) is 3.40. The molecule has 1 atom stereocenters. The van der Waals surface area contributed by atoms with Crippen LogP contribution in [0.25, 0.3) is 0 Å². The van der Waals surface area contributed by atoms with Crippen molar-refractivity contribution >= 4 is 23.2 Å². The number of hydrogen-bond acceptors (Lipinski definition) is 2. The largest absolute Gasteiger partial charge is 0.501 e. The van der Waals surface area contributed by atoms with Crippen LogP contribution in [0.2, 0.25) is 10.0 Å². The van der Waals surface area contributed by atoms with Crippen LogP contribution in [0.1, 0.15) is 24.4 Å². The number of nitrogens with two attached hydrogens (primary N) is 1. The molecule has 0 fully saturated rings. The molecule has 1 aromatic rings. The first-order chi connectivity index (χ1) is 7.68. The minimum Gasteiger partial charge on any atom is -0.501 e. The second-order valence-electron chi connectivity index (χ2n) is 3.82.